The molecule has 3 heterocycles. The molecule has 3 rings (SSSR count). The summed E-state index contributed by atoms with van der Waals surface area (Å²) in [4.78, 5) is 19.8. The van der Waals surface area contributed by atoms with E-state index in [1.165, 1.54) is 12.6 Å². The summed E-state index contributed by atoms with van der Waals surface area (Å²) in [5, 5.41) is 12.4. The zero-order valence-electron chi connectivity index (χ0n) is 9.47. The van der Waals surface area contributed by atoms with E-state index in [1.54, 1.807) is 13.0 Å². The minimum Gasteiger partial charge on any atom is -0.363 e. The molecular weight excluding hydrogens is 236 g/mol. The third-order valence-electron chi connectivity index (χ3n) is 2.53. The van der Waals surface area contributed by atoms with Crippen molar-refractivity contribution in [3.63, 3.8) is 0 Å². The topological polar surface area (TPSA) is 105 Å². The van der Waals surface area contributed by atoms with Crippen molar-refractivity contribution in [3.8, 4) is 0 Å². The smallest absolute Gasteiger partial charge is 0.246 e. The average molecular weight is 246 g/mol. The van der Waals surface area contributed by atoms with Crippen molar-refractivity contribution in [3.05, 3.63) is 18.7 Å². The van der Waals surface area contributed by atoms with Gasteiger partial charge in [0.2, 0.25) is 5.91 Å². The molecule has 0 bridgehead atoms. The van der Waals surface area contributed by atoms with Crippen LogP contribution in [0.2, 0.25) is 0 Å². The molecule has 0 radical (unpaired) electrons. The van der Waals surface area contributed by atoms with E-state index in [4.69, 9.17) is 4.52 Å². The predicted octanol–water partition coefficient (Wildman–Crippen LogP) is 0.961. The molecule has 1 aliphatic heterocycles. The molecule has 92 valence electrons. The number of hydrogen-bond acceptors (Lipinski definition) is 7. The molecule has 0 saturated carbocycles. The van der Waals surface area contributed by atoms with Gasteiger partial charge in [0, 0.05) is 6.07 Å². The highest BCUT2D eigenvalue weighted by atomic mass is 16.5. The largest absolute Gasteiger partial charge is 0.363 e. The maximum atomic E-state index is 11.6. The number of nitrogens with one attached hydrogen (secondary N) is 3. The number of nitrogens with zero attached hydrogens (tertiary/aromatic N) is 3. The molecule has 0 saturated heterocycles. The third kappa shape index (κ3) is 1.73. The molecule has 0 aromatic carbocycles. The zero-order valence-corrected chi connectivity index (χ0v) is 9.47. The standard InChI is InChI=1S/C10H10N6O2/c1-5-10(17)15-7-8(13-5)11-4-12-9(7)14-6-2-3-18-16-6/h2-5H,1H3,(H,15,17)(H2,11,12,13,14,16). The van der Waals surface area contributed by atoms with Gasteiger partial charge in [0.05, 0.1) is 0 Å². The van der Waals surface area contributed by atoms with Crippen molar-refractivity contribution < 1.29 is 9.32 Å². The van der Waals surface area contributed by atoms with E-state index in [0.717, 1.165) is 0 Å². The molecule has 0 fully saturated rings. The van der Waals surface area contributed by atoms with Crippen molar-refractivity contribution in [2.45, 2.75) is 13.0 Å². The molecule has 1 amide bonds. The van der Waals surface area contributed by atoms with E-state index in [0.29, 0.717) is 23.1 Å². The minimum absolute atomic E-state index is 0.138. The molecule has 0 spiro atoms. The normalized spacial score (nSPS) is 17.6. The molecule has 18 heavy (non-hydrogen) atoms. The van der Waals surface area contributed by atoms with Crippen LogP contribution < -0.4 is 16.0 Å². The number of amides is 1. The second-order valence-electron chi connectivity index (χ2n) is 3.81. The summed E-state index contributed by atoms with van der Waals surface area (Å²) >= 11 is 0. The second-order valence-corrected chi connectivity index (χ2v) is 3.81. The number of aromatic nitrogens is 3. The van der Waals surface area contributed by atoms with E-state index < -0.39 is 0 Å². The highest BCUT2D eigenvalue weighted by Crippen LogP contribution is 2.31. The summed E-state index contributed by atoms with van der Waals surface area (Å²) in [6.07, 6.45) is 2.84. The van der Waals surface area contributed by atoms with E-state index in [1.807, 2.05) is 0 Å². The first-order valence-electron chi connectivity index (χ1n) is 5.34. The van der Waals surface area contributed by atoms with Gasteiger partial charge in [0.1, 0.15) is 24.3 Å². The molecule has 1 unspecified atom stereocenters. The van der Waals surface area contributed by atoms with Crippen LogP contribution in [0.1, 0.15) is 6.92 Å². The first-order chi connectivity index (χ1) is 8.74. The van der Waals surface area contributed by atoms with Crippen LogP contribution in [0.15, 0.2) is 23.2 Å². The average Bonchev–Trinajstić information content (AvgIpc) is 2.84. The summed E-state index contributed by atoms with van der Waals surface area (Å²) in [5.74, 6) is 1.40. The SMILES string of the molecule is CC1Nc2ncnc(Nc3ccon3)c2NC1=O. The van der Waals surface area contributed by atoms with Crippen molar-refractivity contribution in [1.29, 1.82) is 0 Å². The van der Waals surface area contributed by atoms with Gasteiger partial charge in [-0.3, -0.25) is 4.79 Å². The van der Waals surface area contributed by atoms with Crippen molar-refractivity contribution >= 4 is 29.0 Å². The van der Waals surface area contributed by atoms with Crippen LogP contribution in [0.5, 0.6) is 0 Å². The molecule has 1 atom stereocenters. The maximum Gasteiger partial charge on any atom is 0.246 e. The molecule has 3 N–H and O–H groups in total. The maximum absolute atomic E-state index is 11.6. The van der Waals surface area contributed by atoms with Gasteiger partial charge in [-0.15, -0.1) is 0 Å². The summed E-state index contributed by atoms with van der Waals surface area (Å²) in [7, 11) is 0. The lowest BCUT2D eigenvalue weighted by Crippen LogP contribution is -2.37. The summed E-state index contributed by atoms with van der Waals surface area (Å²) < 4.78 is 4.71. The Morgan fingerprint density at radius 1 is 1.44 bits per heavy atom. The fourth-order valence-corrected chi connectivity index (χ4v) is 1.61. The molecule has 8 heteroatoms. The van der Waals surface area contributed by atoms with Crippen molar-refractivity contribution in [2.24, 2.45) is 0 Å². The third-order valence-corrected chi connectivity index (χ3v) is 2.53. The lowest BCUT2D eigenvalue weighted by Gasteiger charge is -2.24. The van der Waals surface area contributed by atoms with Crippen LogP contribution >= 0.6 is 0 Å². The summed E-state index contributed by atoms with van der Waals surface area (Å²) in [6, 6.07) is 1.32. The number of anilines is 4. The minimum atomic E-state index is -0.327. The first kappa shape index (κ1) is 10.5. The Morgan fingerprint density at radius 2 is 2.33 bits per heavy atom. The van der Waals surface area contributed by atoms with Gasteiger partial charge in [-0.1, -0.05) is 5.16 Å². The number of fused-ring (bicyclic) bond motifs is 1. The lowest BCUT2D eigenvalue weighted by molar-refractivity contribution is -0.116. The van der Waals surface area contributed by atoms with Crippen LogP contribution in [0.4, 0.5) is 23.1 Å². The number of rotatable bonds is 2. The van der Waals surface area contributed by atoms with Crippen LogP contribution in [0, 0.1) is 0 Å². The predicted molar refractivity (Wildman–Crippen MR) is 63.5 cm³/mol. The Balaban J connectivity index is 1.97. The quantitative estimate of drug-likeness (QED) is 0.724. The van der Waals surface area contributed by atoms with Crippen molar-refractivity contribution in [2.75, 3.05) is 16.0 Å². The highest BCUT2D eigenvalue weighted by Gasteiger charge is 2.25. The highest BCUT2D eigenvalue weighted by molar-refractivity contribution is 6.04. The summed E-state index contributed by atoms with van der Waals surface area (Å²) in [5.41, 5.74) is 0.503. The van der Waals surface area contributed by atoms with Crippen LogP contribution in [-0.4, -0.2) is 27.1 Å². The second kappa shape index (κ2) is 3.99. The Bertz CT molecular complexity index is 582. The number of carbonyl (C=O) groups is 1. The van der Waals surface area contributed by atoms with Gasteiger partial charge >= 0.3 is 0 Å². The van der Waals surface area contributed by atoms with Gasteiger partial charge in [-0.05, 0) is 6.92 Å². The number of hydrogen-bond donors (Lipinski definition) is 3. The fraction of sp³-hybridized carbons (Fsp3) is 0.200. The van der Waals surface area contributed by atoms with Crippen LogP contribution in [-0.2, 0) is 4.79 Å². The molecule has 2 aromatic rings. The first-order valence-corrected chi connectivity index (χ1v) is 5.34. The number of carbonyl (C=O) groups excluding carboxylic acids is 1. The van der Waals surface area contributed by atoms with Gasteiger partial charge < -0.3 is 20.5 Å². The van der Waals surface area contributed by atoms with Gasteiger partial charge in [0.25, 0.3) is 0 Å². The van der Waals surface area contributed by atoms with Crippen molar-refractivity contribution in [1.82, 2.24) is 15.1 Å². The summed E-state index contributed by atoms with van der Waals surface area (Å²) in [6.45, 7) is 1.76. The fourth-order valence-electron chi connectivity index (χ4n) is 1.61. The lowest BCUT2D eigenvalue weighted by atomic mass is 10.2. The Kier molecular flexibility index (Phi) is 2.33. The van der Waals surface area contributed by atoms with Gasteiger partial charge in [-0.2, -0.15) is 0 Å². The van der Waals surface area contributed by atoms with E-state index >= 15 is 0 Å². The molecule has 8 nitrogen and oxygen atoms in total. The molecular formula is C10H10N6O2. The monoisotopic (exact) mass is 246 g/mol. The van der Waals surface area contributed by atoms with E-state index in [9.17, 15) is 4.79 Å². The van der Waals surface area contributed by atoms with Crippen LogP contribution in [0.3, 0.4) is 0 Å². The Hall–Kier alpha value is -2.64. The van der Waals surface area contributed by atoms with Crippen LogP contribution in [0.25, 0.3) is 0 Å². The van der Waals surface area contributed by atoms with Gasteiger partial charge in [0.15, 0.2) is 17.5 Å². The molecule has 0 aliphatic carbocycles. The van der Waals surface area contributed by atoms with E-state index in [2.05, 4.69) is 31.1 Å². The molecule has 2 aromatic heterocycles. The van der Waals surface area contributed by atoms with E-state index in [-0.39, 0.29) is 11.9 Å². The Morgan fingerprint density at radius 3 is 3.11 bits per heavy atom. The molecule has 1 aliphatic rings. The zero-order chi connectivity index (χ0) is 12.5. The van der Waals surface area contributed by atoms with Gasteiger partial charge in [-0.25, -0.2) is 9.97 Å². The Labute approximate surface area is 102 Å².